The van der Waals surface area contributed by atoms with Gasteiger partial charge in [0.25, 0.3) is 0 Å². The van der Waals surface area contributed by atoms with E-state index in [4.69, 9.17) is 0 Å². The standard InChI is InChI=1S/C15H22F3N5/c1-22(2)13-9-12(15(16,17)18)20-14(21-13)23-7-5-11(6-8-23)19-10-3-4-10/h9-11,19H,3-8H2,1-2H3. The fraction of sp³-hybridized carbons (Fsp3) is 0.733. The summed E-state index contributed by atoms with van der Waals surface area (Å²) in [5, 5.41) is 3.57. The minimum atomic E-state index is -4.46. The molecule has 128 valence electrons. The van der Waals surface area contributed by atoms with E-state index in [0.717, 1.165) is 18.9 Å². The molecule has 2 heterocycles. The zero-order valence-electron chi connectivity index (χ0n) is 13.4. The molecule has 1 N–H and O–H groups in total. The van der Waals surface area contributed by atoms with Crippen molar-refractivity contribution >= 4 is 11.8 Å². The fourth-order valence-corrected chi connectivity index (χ4v) is 2.77. The van der Waals surface area contributed by atoms with Gasteiger partial charge in [-0.25, -0.2) is 4.98 Å². The van der Waals surface area contributed by atoms with Crippen molar-refractivity contribution in [2.24, 2.45) is 0 Å². The molecule has 1 saturated carbocycles. The monoisotopic (exact) mass is 329 g/mol. The second-order valence-electron chi connectivity index (χ2n) is 6.51. The number of nitrogens with one attached hydrogen (secondary N) is 1. The molecule has 5 nitrogen and oxygen atoms in total. The first-order chi connectivity index (χ1) is 10.8. The molecule has 3 rings (SSSR count). The molecule has 1 aliphatic carbocycles. The summed E-state index contributed by atoms with van der Waals surface area (Å²) in [4.78, 5) is 11.5. The SMILES string of the molecule is CN(C)c1cc(C(F)(F)F)nc(N2CCC(NC3CC3)CC2)n1. The highest BCUT2D eigenvalue weighted by Crippen LogP contribution is 2.31. The Balaban J connectivity index is 1.74. The number of hydrogen-bond donors (Lipinski definition) is 1. The average molecular weight is 329 g/mol. The highest BCUT2D eigenvalue weighted by molar-refractivity contribution is 5.45. The summed E-state index contributed by atoms with van der Waals surface area (Å²) in [5.41, 5.74) is -0.885. The Kier molecular flexibility index (Phi) is 4.35. The van der Waals surface area contributed by atoms with Crippen LogP contribution < -0.4 is 15.1 Å². The minimum Gasteiger partial charge on any atom is -0.363 e. The molecule has 0 aromatic carbocycles. The van der Waals surface area contributed by atoms with Gasteiger partial charge >= 0.3 is 6.18 Å². The van der Waals surface area contributed by atoms with Gasteiger partial charge in [0.15, 0.2) is 5.69 Å². The highest BCUT2D eigenvalue weighted by atomic mass is 19.4. The average Bonchev–Trinajstić information content (AvgIpc) is 3.30. The fourth-order valence-electron chi connectivity index (χ4n) is 2.77. The van der Waals surface area contributed by atoms with Gasteiger partial charge in [-0.1, -0.05) is 0 Å². The van der Waals surface area contributed by atoms with E-state index >= 15 is 0 Å². The maximum absolute atomic E-state index is 13.1. The number of piperidine rings is 1. The molecule has 0 atom stereocenters. The Bertz CT molecular complexity index is 549. The van der Waals surface area contributed by atoms with Crippen LogP contribution in [0.4, 0.5) is 24.9 Å². The molecule has 1 aliphatic heterocycles. The number of rotatable bonds is 4. The lowest BCUT2D eigenvalue weighted by Gasteiger charge is -2.33. The van der Waals surface area contributed by atoms with Crippen LogP contribution in [-0.4, -0.2) is 49.2 Å². The van der Waals surface area contributed by atoms with Crippen LogP contribution in [0.3, 0.4) is 0 Å². The Morgan fingerprint density at radius 1 is 1.09 bits per heavy atom. The van der Waals surface area contributed by atoms with Crippen molar-refractivity contribution in [3.05, 3.63) is 11.8 Å². The van der Waals surface area contributed by atoms with E-state index in [1.165, 1.54) is 12.8 Å². The van der Waals surface area contributed by atoms with Gasteiger partial charge in [0.05, 0.1) is 0 Å². The van der Waals surface area contributed by atoms with Gasteiger partial charge in [0.2, 0.25) is 5.95 Å². The largest absolute Gasteiger partial charge is 0.433 e. The molecule has 0 amide bonds. The molecule has 0 bridgehead atoms. The molecule has 0 unspecified atom stereocenters. The van der Waals surface area contributed by atoms with Crippen LogP contribution in [0.15, 0.2) is 6.07 Å². The summed E-state index contributed by atoms with van der Waals surface area (Å²) in [6, 6.07) is 2.10. The predicted octanol–water partition coefficient (Wildman–Crippen LogP) is 2.28. The van der Waals surface area contributed by atoms with Gasteiger partial charge in [0.1, 0.15) is 5.82 Å². The highest BCUT2D eigenvalue weighted by Gasteiger charge is 2.35. The first-order valence-corrected chi connectivity index (χ1v) is 7.97. The third-order valence-electron chi connectivity index (χ3n) is 4.28. The van der Waals surface area contributed by atoms with Crippen LogP contribution in [-0.2, 0) is 6.18 Å². The Morgan fingerprint density at radius 2 is 1.70 bits per heavy atom. The van der Waals surface area contributed by atoms with E-state index in [0.29, 0.717) is 25.2 Å². The summed E-state index contributed by atoms with van der Waals surface area (Å²) >= 11 is 0. The molecule has 2 fully saturated rings. The van der Waals surface area contributed by atoms with Crippen LogP contribution in [0.5, 0.6) is 0 Å². The molecular formula is C15H22F3N5. The van der Waals surface area contributed by atoms with Gasteiger partial charge in [0, 0.05) is 45.3 Å². The molecule has 1 aromatic heterocycles. The number of anilines is 2. The molecular weight excluding hydrogens is 307 g/mol. The van der Waals surface area contributed by atoms with E-state index in [-0.39, 0.29) is 11.8 Å². The molecule has 1 aromatic rings. The van der Waals surface area contributed by atoms with E-state index in [1.54, 1.807) is 19.0 Å². The lowest BCUT2D eigenvalue weighted by atomic mass is 10.1. The number of hydrogen-bond acceptors (Lipinski definition) is 5. The van der Waals surface area contributed by atoms with E-state index in [1.807, 2.05) is 4.90 Å². The van der Waals surface area contributed by atoms with Crippen molar-refractivity contribution in [3.8, 4) is 0 Å². The van der Waals surface area contributed by atoms with Gasteiger partial charge < -0.3 is 15.1 Å². The van der Waals surface area contributed by atoms with Crippen molar-refractivity contribution in [1.82, 2.24) is 15.3 Å². The molecule has 8 heteroatoms. The van der Waals surface area contributed by atoms with Crippen LogP contribution in [0.2, 0.25) is 0 Å². The van der Waals surface area contributed by atoms with Crippen LogP contribution in [0.25, 0.3) is 0 Å². The normalized spacial score (nSPS) is 20.0. The maximum atomic E-state index is 13.1. The summed E-state index contributed by atoms with van der Waals surface area (Å²) in [6.45, 7) is 1.36. The van der Waals surface area contributed by atoms with Gasteiger partial charge in [-0.05, 0) is 25.7 Å². The third kappa shape index (κ3) is 4.04. The molecule has 2 aliphatic rings. The smallest absolute Gasteiger partial charge is 0.363 e. The summed E-state index contributed by atoms with van der Waals surface area (Å²) in [5.74, 6) is 0.453. The summed E-state index contributed by atoms with van der Waals surface area (Å²) in [7, 11) is 3.36. The summed E-state index contributed by atoms with van der Waals surface area (Å²) in [6.07, 6.45) is -0.165. The quantitative estimate of drug-likeness (QED) is 0.918. The third-order valence-corrected chi connectivity index (χ3v) is 4.28. The predicted molar refractivity (Wildman–Crippen MR) is 82.8 cm³/mol. The second-order valence-corrected chi connectivity index (χ2v) is 6.51. The Hall–Kier alpha value is -1.57. The van der Waals surface area contributed by atoms with Crippen molar-refractivity contribution in [2.75, 3.05) is 37.0 Å². The topological polar surface area (TPSA) is 44.3 Å². The summed E-state index contributed by atoms with van der Waals surface area (Å²) < 4.78 is 39.2. The first-order valence-electron chi connectivity index (χ1n) is 7.97. The molecule has 0 radical (unpaired) electrons. The minimum absolute atomic E-state index is 0.174. The van der Waals surface area contributed by atoms with Crippen molar-refractivity contribution in [2.45, 2.75) is 43.9 Å². The zero-order valence-corrected chi connectivity index (χ0v) is 13.4. The van der Waals surface area contributed by atoms with E-state index in [9.17, 15) is 13.2 Å². The number of nitrogens with zero attached hydrogens (tertiary/aromatic N) is 4. The van der Waals surface area contributed by atoms with Crippen molar-refractivity contribution in [3.63, 3.8) is 0 Å². The number of alkyl halides is 3. The van der Waals surface area contributed by atoms with Crippen LogP contribution in [0.1, 0.15) is 31.4 Å². The number of halogens is 3. The lowest BCUT2D eigenvalue weighted by molar-refractivity contribution is -0.141. The molecule has 23 heavy (non-hydrogen) atoms. The molecule has 1 saturated heterocycles. The van der Waals surface area contributed by atoms with Crippen LogP contribution in [0, 0.1) is 0 Å². The van der Waals surface area contributed by atoms with Gasteiger partial charge in [-0.3, -0.25) is 0 Å². The Morgan fingerprint density at radius 3 is 2.22 bits per heavy atom. The van der Waals surface area contributed by atoms with E-state index < -0.39 is 11.9 Å². The first kappa shape index (κ1) is 16.3. The van der Waals surface area contributed by atoms with E-state index in [2.05, 4.69) is 15.3 Å². The van der Waals surface area contributed by atoms with Crippen molar-refractivity contribution < 1.29 is 13.2 Å². The van der Waals surface area contributed by atoms with Crippen LogP contribution >= 0.6 is 0 Å². The van der Waals surface area contributed by atoms with Crippen molar-refractivity contribution in [1.29, 1.82) is 0 Å². The maximum Gasteiger partial charge on any atom is 0.433 e. The lowest BCUT2D eigenvalue weighted by Crippen LogP contribution is -2.44. The van der Waals surface area contributed by atoms with Gasteiger partial charge in [-0.15, -0.1) is 0 Å². The Labute approximate surface area is 133 Å². The second kappa shape index (κ2) is 6.14. The number of aromatic nitrogens is 2. The molecule has 0 spiro atoms. The van der Waals surface area contributed by atoms with Gasteiger partial charge in [-0.2, -0.15) is 18.2 Å². The zero-order chi connectivity index (χ0) is 16.6.